The molecule has 4 nitrogen and oxygen atoms in total. The number of carboxylic acids is 1. The number of ether oxygens (including phenoxy) is 1. The lowest BCUT2D eigenvalue weighted by molar-refractivity contribution is 0.0697. The summed E-state index contributed by atoms with van der Waals surface area (Å²) in [5.74, 6) is 0.682. The molecule has 0 aliphatic rings. The molecule has 1 atom stereocenters. The molecule has 0 bridgehead atoms. The van der Waals surface area contributed by atoms with Gasteiger partial charge in [0.1, 0.15) is 5.75 Å². The lowest BCUT2D eigenvalue weighted by Crippen LogP contribution is -2.09. The highest BCUT2D eigenvalue weighted by Crippen LogP contribution is 2.15. The molecular weight excluding hydrogens is 250 g/mol. The van der Waals surface area contributed by atoms with Gasteiger partial charge in [-0.3, -0.25) is 0 Å². The molecule has 0 fully saturated rings. The third kappa shape index (κ3) is 5.42. The van der Waals surface area contributed by atoms with Crippen molar-refractivity contribution in [3.05, 3.63) is 29.8 Å². The van der Waals surface area contributed by atoms with Crippen LogP contribution in [0.15, 0.2) is 24.3 Å². The van der Waals surface area contributed by atoms with Crippen LogP contribution in [0.2, 0.25) is 0 Å². The molecule has 18 heavy (non-hydrogen) atoms. The second kappa shape index (κ2) is 8.00. The number of benzene rings is 1. The van der Waals surface area contributed by atoms with Crippen molar-refractivity contribution in [2.24, 2.45) is 5.73 Å². The van der Waals surface area contributed by atoms with Gasteiger partial charge in [0.05, 0.1) is 12.2 Å². The summed E-state index contributed by atoms with van der Waals surface area (Å²) in [6.07, 6.45) is 1.01. The maximum absolute atomic E-state index is 10.7. The fraction of sp³-hybridized carbons (Fsp3) is 0.462. The normalized spacial score (nSPS) is 12.1. The third-order valence-electron chi connectivity index (χ3n) is 2.43. The van der Waals surface area contributed by atoms with Crippen molar-refractivity contribution < 1.29 is 14.6 Å². The van der Waals surface area contributed by atoms with E-state index in [1.807, 2.05) is 11.8 Å². The van der Waals surface area contributed by atoms with Crippen LogP contribution < -0.4 is 10.5 Å². The van der Waals surface area contributed by atoms with E-state index in [-0.39, 0.29) is 5.56 Å². The highest BCUT2D eigenvalue weighted by Gasteiger charge is 2.03. The average molecular weight is 269 g/mol. The van der Waals surface area contributed by atoms with Gasteiger partial charge in [-0.05, 0) is 37.2 Å². The molecule has 0 saturated carbocycles. The maximum atomic E-state index is 10.7. The zero-order chi connectivity index (χ0) is 13.4. The van der Waals surface area contributed by atoms with Gasteiger partial charge < -0.3 is 15.6 Å². The van der Waals surface area contributed by atoms with Gasteiger partial charge in [-0.1, -0.05) is 6.92 Å². The van der Waals surface area contributed by atoms with Gasteiger partial charge in [-0.25, -0.2) is 4.79 Å². The van der Waals surface area contributed by atoms with Crippen molar-refractivity contribution in [2.45, 2.75) is 18.6 Å². The van der Waals surface area contributed by atoms with Crippen LogP contribution in [-0.4, -0.2) is 35.2 Å². The molecule has 1 aromatic rings. The van der Waals surface area contributed by atoms with Gasteiger partial charge in [-0.2, -0.15) is 11.8 Å². The minimum absolute atomic E-state index is 0.272. The third-order valence-corrected chi connectivity index (χ3v) is 3.64. The summed E-state index contributed by atoms with van der Waals surface area (Å²) in [6.45, 7) is 3.48. The van der Waals surface area contributed by atoms with Crippen LogP contribution in [0.3, 0.4) is 0 Å². The summed E-state index contributed by atoms with van der Waals surface area (Å²) in [5, 5.41) is 9.30. The number of carboxylic acid groups (broad SMARTS) is 1. The SMILES string of the molecule is CC(CCN)SCCOc1ccc(C(=O)O)cc1. The monoisotopic (exact) mass is 269 g/mol. The minimum Gasteiger partial charge on any atom is -0.493 e. The van der Waals surface area contributed by atoms with E-state index in [2.05, 4.69) is 6.92 Å². The van der Waals surface area contributed by atoms with E-state index in [4.69, 9.17) is 15.6 Å². The Morgan fingerprint density at radius 1 is 1.44 bits per heavy atom. The molecule has 0 aromatic heterocycles. The lowest BCUT2D eigenvalue weighted by Gasteiger charge is -2.10. The predicted molar refractivity (Wildman–Crippen MR) is 74.5 cm³/mol. The van der Waals surface area contributed by atoms with Crippen LogP contribution in [0.1, 0.15) is 23.7 Å². The van der Waals surface area contributed by atoms with E-state index in [9.17, 15) is 4.79 Å². The van der Waals surface area contributed by atoms with E-state index < -0.39 is 5.97 Å². The fourth-order valence-electron chi connectivity index (χ4n) is 1.42. The quantitative estimate of drug-likeness (QED) is 0.708. The molecule has 5 heteroatoms. The van der Waals surface area contributed by atoms with E-state index in [1.165, 1.54) is 0 Å². The summed E-state index contributed by atoms with van der Waals surface area (Å²) in [6, 6.07) is 6.44. The van der Waals surface area contributed by atoms with Crippen LogP contribution in [0.4, 0.5) is 0 Å². The Labute approximate surface area is 112 Å². The van der Waals surface area contributed by atoms with Gasteiger partial charge in [0.2, 0.25) is 0 Å². The molecule has 0 aliphatic heterocycles. The first-order valence-corrected chi connectivity index (χ1v) is 6.96. The molecule has 0 spiro atoms. The van der Waals surface area contributed by atoms with Crippen LogP contribution in [0, 0.1) is 0 Å². The van der Waals surface area contributed by atoms with Crippen molar-refractivity contribution in [2.75, 3.05) is 18.9 Å². The van der Waals surface area contributed by atoms with Gasteiger partial charge in [0.25, 0.3) is 0 Å². The summed E-state index contributed by atoms with van der Waals surface area (Å²) >= 11 is 1.83. The Morgan fingerprint density at radius 2 is 2.11 bits per heavy atom. The number of hydrogen-bond donors (Lipinski definition) is 2. The van der Waals surface area contributed by atoms with Crippen molar-refractivity contribution in [1.29, 1.82) is 0 Å². The topological polar surface area (TPSA) is 72.5 Å². The molecule has 1 aromatic carbocycles. The Kier molecular flexibility index (Phi) is 6.60. The number of carbonyl (C=O) groups is 1. The first kappa shape index (κ1) is 14.9. The summed E-state index contributed by atoms with van der Waals surface area (Å²) in [5.41, 5.74) is 5.74. The van der Waals surface area contributed by atoms with Crippen molar-refractivity contribution in [1.82, 2.24) is 0 Å². The highest BCUT2D eigenvalue weighted by molar-refractivity contribution is 7.99. The Bertz CT molecular complexity index is 367. The smallest absolute Gasteiger partial charge is 0.335 e. The molecule has 100 valence electrons. The first-order valence-electron chi connectivity index (χ1n) is 5.91. The number of hydrogen-bond acceptors (Lipinski definition) is 4. The van der Waals surface area contributed by atoms with Crippen LogP contribution >= 0.6 is 11.8 Å². The van der Waals surface area contributed by atoms with E-state index >= 15 is 0 Å². The Balaban J connectivity index is 2.25. The molecular formula is C13H19NO3S. The standard InChI is InChI=1S/C13H19NO3S/c1-10(6-7-14)18-9-8-17-12-4-2-11(3-5-12)13(15)16/h2-5,10H,6-9,14H2,1H3,(H,15,16). The van der Waals surface area contributed by atoms with Gasteiger partial charge in [-0.15, -0.1) is 0 Å². The maximum Gasteiger partial charge on any atom is 0.335 e. The summed E-state index contributed by atoms with van der Waals surface area (Å²) in [4.78, 5) is 10.7. The first-order chi connectivity index (χ1) is 8.63. The molecule has 1 unspecified atom stereocenters. The van der Waals surface area contributed by atoms with Gasteiger partial charge in [0.15, 0.2) is 0 Å². The highest BCUT2D eigenvalue weighted by atomic mass is 32.2. The molecule has 1 rings (SSSR count). The zero-order valence-corrected chi connectivity index (χ0v) is 11.3. The molecule has 0 saturated heterocycles. The van der Waals surface area contributed by atoms with E-state index in [0.717, 1.165) is 12.2 Å². The van der Waals surface area contributed by atoms with E-state index in [0.29, 0.717) is 24.2 Å². The molecule has 0 radical (unpaired) electrons. The van der Waals surface area contributed by atoms with Crippen LogP contribution in [-0.2, 0) is 0 Å². The lowest BCUT2D eigenvalue weighted by atomic mass is 10.2. The number of rotatable bonds is 8. The van der Waals surface area contributed by atoms with Gasteiger partial charge >= 0.3 is 5.97 Å². The molecule has 3 N–H and O–H groups in total. The Morgan fingerprint density at radius 3 is 2.67 bits per heavy atom. The predicted octanol–water partition coefficient (Wildman–Crippen LogP) is 2.23. The van der Waals surface area contributed by atoms with E-state index in [1.54, 1.807) is 24.3 Å². The zero-order valence-electron chi connectivity index (χ0n) is 10.5. The number of aromatic carboxylic acids is 1. The number of nitrogens with two attached hydrogens (primary N) is 1. The van der Waals surface area contributed by atoms with Crippen molar-refractivity contribution in [3.8, 4) is 5.75 Å². The molecule has 0 amide bonds. The van der Waals surface area contributed by atoms with Crippen molar-refractivity contribution >= 4 is 17.7 Å². The van der Waals surface area contributed by atoms with Gasteiger partial charge in [0, 0.05) is 11.0 Å². The second-order valence-electron chi connectivity index (χ2n) is 3.94. The van der Waals surface area contributed by atoms with Crippen LogP contribution in [0.5, 0.6) is 5.75 Å². The average Bonchev–Trinajstić information content (AvgIpc) is 2.35. The summed E-state index contributed by atoms with van der Waals surface area (Å²) in [7, 11) is 0. The fourth-order valence-corrected chi connectivity index (χ4v) is 2.31. The summed E-state index contributed by atoms with van der Waals surface area (Å²) < 4.78 is 5.52. The van der Waals surface area contributed by atoms with Crippen LogP contribution in [0.25, 0.3) is 0 Å². The minimum atomic E-state index is -0.923. The number of thioether (sulfide) groups is 1. The Hall–Kier alpha value is -1.20. The second-order valence-corrected chi connectivity index (χ2v) is 5.48. The molecule has 0 heterocycles. The van der Waals surface area contributed by atoms with Crippen molar-refractivity contribution in [3.63, 3.8) is 0 Å². The largest absolute Gasteiger partial charge is 0.493 e. The molecule has 0 aliphatic carbocycles.